The van der Waals surface area contributed by atoms with Gasteiger partial charge in [0.2, 0.25) is 0 Å². The molecule has 0 radical (unpaired) electrons. The molecule has 0 saturated carbocycles. The fourth-order valence-corrected chi connectivity index (χ4v) is 1.97. The zero-order chi connectivity index (χ0) is 14.6. The van der Waals surface area contributed by atoms with Gasteiger partial charge in [-0.15, -0.1) is 0 Å². The standard InChI is InChI=1S/C14H19NO4/c1-5-15(6-2)13(16)12-10(14(17)18)7-9(3)8-11(12)19-4/h7-8H,5-6H2,1-4H3,(H,17,18). The van der Waals surface area contributed by atoms with Crippen molar-refractivity contribution in [3.63, 3.8) is 0 Å². The number of carbonyl (C=O) groups excluding carboxylic acids is 1. The van der Waals surface area contributed by atoms with E-state index in [9.17, 15) is 14.7 Å². The maximum absolute atomic E-state index is 12.4. The Morgan fingerprint density at radius 3 is 2.26 bits per heavy atom. The van der Waals surface area contributed by atoms with E-state index in [1.165, 1.54) is 13.2 Å². The van der Waals surface area contributed by atoms with Crippen LogP contribution in [0, 0.1) is 6.92 Å². The number of carboxylic acid groups (broad SMARTS) is 1. The number of hydrogen-bond acceptors (Lipinski definition) is 3. The zero-order valence-electron chi connectivity index (χ0n) is 11.7. The third kappa shape index (κ3) is 3.05. The first-order chi connectivity index (χ1) is 8.96. The molecule has 0 saturated heterocycles. The summed E-state index contributed by atoms with van der Waals surface area (Å²) in [6.07, 6.45) is 0. The van der Waals surface area contributed by atoms with Crippen molar-refractivity contribution in [2.45, 2.75) is 20.8 Å². The third-order valence-electron chi connectivity index (χ3n) is 2.96. The van der Waals surface area contributed by atoms with Crippen LogP contribution >= 0.6 is 0 Å². The molecule has 5 nitrogen and oxygen atoms in total. The Kier molecular flexibility index (Phi) is 4.92. The van der Waals surface area contributed by atoms with Crippen molar-refractivity contribution in [1.29, 1.82) is 0 Å². The number of hydrogen-bond donors (Lipinski definition) is 1. The van der Waals surface area contributed by atoms with Crippen molar-refractivity contribution < 1.29 is 19.4 Å². The first-order valence-corrected chi connectivity index (χ1v) is 6.17. The van der Waals surface area contributed by atoms with Gasteiger partial charge in [-0.25, -0.2) is 4.79 Å². The fourth-order valence-electron chi connectivity index (χ4n) is 1.97. The van der Waals surface area contributed by atoms with Gasteiger partial charge in [-0.3, -0.25) is 4.79 Å². The molecule has 0 fully saturated rings. The summed E-state index contributed by atoms with van der Waals surface area (Å²) in [5.41, 5.74) is 0.836. The maximum atomic E-state index is 12.4. The Labute approximate surface area is 112 Å². The Morgan fingerprint density at radius 1 is 1.26 bits per heavy atom. The monoisotopic (exact) mass is 265 g/mol. The predicted octanol–water partition coefficient (Wildman–Crippen LogP) is 2.18. The Balaban J connectivity index is 3.46. The van der Waals surface area contributed by atoms with E-state index in [1.54, 1.807) is 17.9 Å². The quantitative estimate of drug-likeness (QED) is 0.886. The van der Waals surface area contributed by atoms with Crippen LogP contribution in [0.25, 0.3) is 0 Å². The largest absolute Gasteiger partial charge is 0.496 e. The summed E-state index contributed by atoms with van der Waals surface area (Å²) in [7, 11) is 1.43. The highest BCUT2D eigenvalue weighted by Crippen LogP contribution is 2.26. The molecule has 5 heteroatoms. The molecule has 1 rings (SSSR count). The second kappa shape index (κ2) is 6.22. The van der Waals surface area contributed by atoms with Crippen molar-refractivity contribution in [1.82, 2.24) is 4.90 Å². The number of methoxy groups -OCH3 is 1. The van der Waals surface area contributed by atoms with Crippen molar-refractivity contribution in [3.05, 3.63) is 28.8 Å². The number of benzene rings is 1. The number of carboxylic acids is 1. The van der Waals surface area contributed by atoms with Crippen LogP contribution in [0.2, 0.25) is 0 Å². The fraction of sp³-hybridized carbons (Fsp3) is 0.429. The molecule has 0 aliphatic heterocycles. The number of ether oxygens (including phenoxy) is 1. The minimum Gasteiger partial charge on any atom is -0.496 e. The highest BCUT2D eigenvalue weighted by atomic mass is 16.5. The summed E-state index contributed by atoms with van der Waals surface area (Å²) < 4.78 is 5.17. The van der Waals surface area contributed by atoms with E-state index in [2.05, 4.69) is 0 Å². The topological polar surface area (TPSA) is 66.8 Å². The number of amides is 1. The van der Waals surface area contributed by atoms with Gasteiger partial charge >= 0.3 is 5.97 Å². The van der Waals surface area contributed by atoms with Gasteiger partial charge in [0, 0.05) is 13.1 Å². The lowest BCUT2D eigenvalue weighted by atomic mass is 10.0. The summed E-state index contributed by atoms with van der Waals surface area (Å²) in [6, 6.07) is 3.16. The second-order valence-corrected chi connectivity index (χ2v) is 4.17. The van der Waals surface area contributed by atoms with Gasteiger partial charge in [0.05, 0.1) is 18.2 Å². The number of nitrogens with zero attached hydrogens (tertiary/aromatic N) is 1. The molecule has 0 atom stereocenters. The van der Waals surface area contributed by atoms with Gasteiger partial charge < -0.3 is 14.7 Å². The summed E-state index contributed by atoms with van der Waals surface area (Å²) in [5.74, 6) is -1.15. The van der Waals surface area contributed by atoms with Crippen LogP contribution in [0.15, 0.2) is 12.1 Å². The molecule has 1 aromatic carbocycles. The Bertz CT molecular complexity index is 492. The van der Waals surface area contributed by atoms with Gasteiger partial charge in [-0.1, -0.05) is 0 Å². The van der Waals surface area contributed by atoms with Gasteiger partial charge in [0.25, 0.3) is 5.91 Å². The van der Waals surface area contributed by atoms with E-state index >= 15 is 0 Å². The van der Waals surface area contributed by atoms with Crippen molar-refractivity contribution in [2.75, 3.05) is 20.2 Å². The molecule has 1 aromatic rings. The van der Waals surface area contributed by atoms with Gasteiger partial charge in [-0.05, 0) is 38.5 Å². The molecule has 0 bridgehead atoms. The molecule has 104 valence electrons. The Hall–Kier alpha value is -2.04. The molecular formula is C14H19NO4. The lowest BCUT2D eigenvalue weighted by molar-refractivity contribution is 0.0676. The van der Waals surface area contributed by atoms with Crippen molar-refractivity contribution in [2.24, 2.45) is 0 Å². The van der Waals surface area contributed by atoms with E-state index < -0.39 is 5.97 Å². The molecule has 0 aromatic heterocycles. The molecule has 0 unspecified atom stereocenters. The van der Waals surface area contributed by atoms with Gasteiger partial charge in [0.15, 0.2) is 0 Å². The van der Waals surface area contributed by atoms with Crippen LogP contribution in [0.1, 0.15) is 40.1 Å². The minimum atomic E-state index is -1.13. The van der Waals surface area contributed by atoms with Crippen LogP contribution in [0.5, 0.6) is 5.75 Å². The molecule has 1 amide bonds. The Morgan fingerprint density at radius 2 is 1.84 bits per heavy atom. The van der Waals surface area contributed by atoms with Crippen LogP contribution in [0.3, 0.4) is 0 Å². The van der Waals surface area contributed by atoms with Crippen LogP contribution < -0.4 is 4.74 Å². The molecule has 0 heterocycles. The smallest absolute Gasteiger partial charge is 0.336 e. The summed E-state index contributed by atoms with van der Waals surface area (Å²) in [5, 5.41) is 9.26. The predicted molar refractivity (Wildman–Crippen MR) is 71.9 cm³/mol. The lowest BCUT2D eigenvalue weighted by Crippen LogP contribution is -2.32. The molecule has 1 N–H and O–H groups in total. The number of carbonyl (C=O) groups is 2. The van der Waals surface area contributed by atoms with Gasteiger partial charge in [-0.2, -0.15) is 0 Å². The van der Waals surface area contributed by atoms with Crippen LogP contribution in [0.4, 0.5) is 0 Å². The van der Waals surface area contributed by atoms with Gasteiger partial charge in [0.1, 0.15) is 5.75 Å². The van der Waals surface area contributed by atoms with Crippen molar-refractivity contribution in [3.8, 4) is 5.75 Å². The number of rotatable bonds is 5. The normalized spacial score (nSPS) is 10.1. The zero-order valence-corrected chi connectivity index (χ0v) is 11.7. The summed E-state index contributed by atoms with van der Waals surface area (Å²) >= 11 is 0. The first kappa shape index (κ1) is 15.0. The average Bonchev–Trinajstić information content (AvgIpc) is 2.38. The summed E-state index contributed by atoms with van der Waals surface area (Å²) in [6.45, 7) is 6.50. The highest BCUT2D eigenvalue weighted by molar-refractivity contribution is 6.07. The molecule has 19 heavy (non-hydrogen) atoms. The molecular weight excluding hydrogens is 246 g/mol. The second-order valence-electron chi connectivity index (χ2n) is 4.17. The molecule has 0 aliphatic carbocycles. The van der Waals surface area contributed by atoms with E-state index in [0.29, 0.717) is 18.8 Å². The molecule has 0 spiro atoms. The van der Waals surface area contributed by atoms with E-state index in [0.717, 1.165) is 5.56 Å². The maximum Gasteiger partial charge on any atom is 0.336 e. The molecule has 0 aliphatic rings. The summed E-state index contributed by atoms with van der Waals surface area (Å²) in [4.78, 5) is 25.3. The van der Waals surface area contributed by atoms with Crippen LogP contribution in [-0.4, -0.2) is 42.1 Å². The third-order valence-corrected chi connectivity index (χ3v) is 2.96. The van der Waals surface area contributed by atoms with E-state index in [-0.39, 0.29) is 17.0 Å². The lowest BCUT2D eigenvalue weighted by Gasteiger charge is -2.21. The van der Waals surface area contributed by atoms with Crippen LogP contribution in [-0.2, 0) is 0 Å². The number of aryl methyl sites for hydroxylation is 1. The van der Waals surface area contributed by atoms with E-state index in [1.807, 2.05) is 13.8 Å². The number of aromatic carboxylic acids is 1. The van der Waals surface area contributed by atoms with Crippen molar-refractivity contribution >= 4 is 11.9 Å². The SMILES string of the molecule is CCN(CC)C(=O)c1c(OC)cc(C)cc1C(=O)O. The highest BCUT2D eigenvalue weighted by Gasteiger charge is 2.25. The average molecular weight is 265 g/mol. The first-order valence-electron chi connectivity index (χ1n) is 6.17. The minimum absolute atomic E-state index is 0.0197. The van der Waals surface area contributed by atoms with E-state index in [4.69, 9.17) is 4.74 Å².